The number of hydrogen-bond acceptors (Lipinski definition) is 3. The Hall–Kier alpha value is -1.00. The van der Waals surface area contributed by atoms with Crippen LogP contribution in [0.15, 0.2) is 23.3 Å². The van der Waals surface area contributed by atoms with E-state index in [1.54, 1.807) is 13.0 Å². The summed E-state index contributed by atoms with van der Waals surface area (Å²) in [6.07, 6.45) is 3.50. The Kier molecular flexibility index (Phi) is 9.35. The maximum atomic E-state index is 11.7. The van der Waals surface area contributed by atoms with Gasteiger partial charge in [0.25, 0.3) is 0 Å². The van der Waals surface area contributed by atoms with Gasteiger partial charge in [-0.15, -0.1) is 23.2 Å². The number of carboxylic acid groups (broad SMARTS) is 1. The van der Waals surface area contributed by atoms with Gasteiger partial charge in [-0.3, -0.25) is 0 Å². The lowest BCUT2D eigenvalue weighted by Gasteiger charge is -2.14. The molecule has 0 saturated heterocycles. The standard InChI is InChI=1S/C13H18Cl2O4/c1-9(12(16)17)5-6-11(8-15)19-13(18)10(2)4-3-7-14/h4-5,11H,3,6-8H2,1-2H3,(H,16,17). The first kappa shape index (κ1) is 18.0. The molecule has 4 nitrogen and oxygen atoms in total. The van der Waals surface area contributed by atoms with E-state index >= 15 is 0 Å². The van der Waals surface area contributed by atoms with Gasteiger partial charge in [0.1, 0.15) is 6.10 Å². The molecule has 0 fully saturated rings. The summed E-state index contributed by atoms with van der Waals surface area (Å²) in [4.78, 5) is 22.3. The highest BCUT2D eigenvalue weighted by Gasteiger charge is 2.14. The smallest absolute Gasteiger partial charge is 0.333 e. The second-order valence-electron chi connectivity index (χ2n) is 3.97. The van der Waals surface area contributed by atoms with Crippen LogP contribution in [0, 0.1) is 0 Å². The molecule has 0 spiro atoms. The van der Waals surface area contributed by atoms with Gasteiger partial charge in [-0.1, -0.05) is 12.2 Å². The summed E-state index contributed by atoms with van der Waals surface area (Å²) in [6, 6.07) is 0. The molecule has 0 bridgehead atoms. The summed E-state index contributed by atoms with van der Waals surface area (Å²) in [5.74, 6) is -0.919. The molecule has 0 radical (unpaired) electrons. The number of carbonyl (C=O) groups is 2. The molecule has 6 heteroatoms. The Morgan fingerprint density at radius 2 is 1.84 bits per heavy atom. The average Bonchev–Trinajstić information content (AvgIpc) is 2.39. The molecule has 108 valence electrons. The van der Waals surface area contributed by atoms with Crippen LogP contribution in [-0.2, 0) is 14.3 Å². The van der Waals surface area contributed by atoms with Crippen LogP contribution < -0.4 is 0 Å². The highest BCUT2D eigenvalue weighted by Crippen LogP contribution is 2.09. The molecule has 0 saturated carbocycles. The minimum absolute atomic E-state index is 0.109. The molecule has 0 aliphatic rings. The summed E-state index contributed by atoms with van der Waals surface area (Å²) in [7, 11) is 0. The zero-order chi connectivity index (χ0) is 14.8. The zero-order valence-corrected chi connectivity index (χ0v) is 12.5. The summed E-state index contributed by atoms with van der Waals surface area (Å²) in [5.41, 5.74) is 0.662. The molecule has 19 heavy (non-hydrogen) atoms. The molecule has 0 rings (SSSR count). The van der Waals surface area contributed by atoms with Crippen LogP contribution in [0.1, 0.15) is 26.7 Å². The molecule has 0 aromatic carbocycles. The molecule has 0 aromatic heterocycles. The predicted octanol–water partition coefficient (Wildman–Crippen LogP) is 3.13. The zero-order valence-electron chi connectivity index (χ0n) is 11.0. The highest BCUT2D eigenvalue weighted by molar-refractivity contribution is 6.18. The van der Waals surface area contributed by atoms with Gasteiger partial charge in [0.2, 0.25) is 0 Å². The predicted molar refractivity (Wildman–Crippen MR) is 75.7 cm³/mol. The highest BCUT2D eigenvalue weighted by atomic mass is 35.5. The van der Waals surface area contributed by atoms with Crippen molar-refractivity contribution in [1.29, 1.82) is 0 Å². The van der Waals surface area contributed by atoms with E-state index in [1.807, 2.05) is 0 Å². The molecule has 1 unspecified atom stereocenters. The van der Waals surface area contributed by atoms with Crippen LogP contribution in [-0.4, -0.2) is 34.9 Å². The van der Waals surface area contributed by atoms with Crippen molar-refractivity contribution in [2.75, 3.05) is 11.8 Å². The van der Waals surface area contributed by atoms with Gasteiger partial charge >= 0.3 is 11.9 Å². The number of esters is 1. The van der Waals surface area contributed by atoms with Gasteiger partial charge in [0, 0.05) is 23.4 Å². The number of ether oxygens (including phenoxy) is 1. The van der Waals surface area contributed by atoms with Crippen molar-refractivity contribution in [1.82, 2.24) is 0 Å². The van der Waals surface area contributed by atoms with E-state index in [2.05, 4.69) is 0 Å². The topological polar surface area (TPSA) is 63.6 Å². The SMILES string of the molecule is CC(=CCC(CCl)OC(=O)C(C)=CCCCl)C(=O)O. The minimum Gasteiger partial charge on any atom is -0.478 e. The lowest BCUT2D eigenvalue weighted by molar-refractivity contribution is -0.143. The fourth-order valence-electron chi connectivity index (χ4n) is 1.14. The maximum absolute atomic E-state index is 11.7. The van der Waals surface area contributed by atoms with E-state index in [4.69, 9.17) is 33.0 Å². The fraction of sp³-hybridized carbons (Fsp3) is 0.538. The third-order valence-electron chi connectivity index (χ3n) is 2.35. The molecule has 0 aliphatic carbocycles. The van der Waals surface area contributed by atoms with Crippen molar-refractivity contribution in [2.45, 2.75) is 32.8 Å². The number of alkyl halides is 2. The number of hydrogen-bond donors (Lipinski definition) is 1. The van der Waals surface area contributed by atoms with Crippen LogP contribution in [0.3, 0.4) is 0 Å². The van der Waals surface area contributed by atoms with E-state index in [9.17, 15) is 9.59 Å². The van der Waals surface area contributed by atoms with Crippen LogP contribution in [0.4, 0.5) is 0 Å². The van der Waals surface area contributed by atoms with Crippen LogP contribution in [0.2, 0.25) is 0 Å². The van der Waals surface area contributed by atoms with Crippen molar-refractivity contribution in [3.05, 3.63) is 23.3 Å². The average molecular weight is 309 g/mol. The van der Waals surface area contributed by atoms with Crippen LogP contribution in [0.25, 0.3) is 0 Å². The van der Waals surface area contributed by atoms with E-state index < -0.39 is 18.0 Å². The first-order valence-electron chi connectivity index (χ1n) is 5.82. The van der Waals surface area contributed by atoms with Crippen molar-refractivity contribution in [3.63, 3.8) is 0 Å². The van der Waals surface area contributed by atoms with Gasteiger partial charge in [-0.05, 0) is 20.3 Å². The van der Waals surface area contributed by atoms with E-state index in [0.717, 1.165) is 0 Å². The Labute approximate surface area is 123 Å². The second-order valence-corrected chi connectivity index (χ2v) is 4.66. The molecule has 1 N–H and O–H groups in total. The maximum Gasteiger partial charge on any atom is 0.333 e. The van der Waals surface area contributed by atoms with E-state index in [-0.39, 0.29) is 17.9 Å². The third kappa shape index (κ3) is 7.90. The number of carbonyl (C=O) groups excluding carboxylic acids is 1. The Morgan fingerprint density at radius 1 is 1.21 bits per heavy atom. The molecule has 0 amide bonds. The summed E-state index contributed by atoms with van der Waals surface area (Å²) in [6.45, 7) is 3.11. The van der Waals surface area contributed by atoms with Crippen molar-refractivity contribution >= 4 is 35.1 Å². The van der Waals surface area contributed by atoms with Gasteiger partial charge in [-0.25, -0.2) is 9.59 Å². The van der Waals surface area contributed by atoms with Crippen LogP contribution >= 0.6 is 23.2 Å². The van der Waals surface area contributed by atoms with Gasteiger partial charge < -0.3 is 9.84 Å². The quantitative estimate of drug-likeness (QED) is 0.425. The summed E-state index contributed by atoms with van der Waals surface area (Å²) in [5, 5.41) is 8.70. The first-order chi connectivity index (χ1) is 8.92. The number of allylic oxidation sites excluding steroid dienone is 1. The molecular formula is C13H18Cl2O4. The molecule has 0 heterocycles. The normalized spacial score (nSPS) is 14.1. The Balaban J connectivity index is 4.45. The van der Waals surface area contributed by atoms with Crippen LogP contribution in [0.5, 0.6) is 0 Å². The number of aliphatic carboxylic acids is 1. The number of halogens is 2. The summed E-state index contributed by atoms with van der Waals surface area (Å²) < 4.78 is 5.17. The van der Waals surface area contributed by atoms with Crippen molar-refractivity contribution in [3.8, 4) is 0 Å². The van der Waals surface area contributed by atoms with E-state index in [0.29, 0.717) is 17.9 Å². The van der Waals surface area contributed by atoms with Crippen molar-refractivity contribution < 1.29 is 19.4 Å². The summed E-state index contributed by atoms with van der Waals surface area (Å²) >= 11 is 11.2. The fourth-order valence-corrected chi connectivity index (χ4v) is 1.43. The van der Waals surface area contributed by atoms with Gasteiger partial charge in [-0.2, -0.15) is 0 Å². The largest absolute Gasteiger partial charge is 0.478 e. The monoisotopic (exact) mass is 308 g/mol. The van der Waals surface area contributed by atoms with E-state index in [1.165, 1.54) is 13.0 Å². The lowest BCUT2D eigenvalue weighted by atomic mass is 10.2. The molecule has 0 aromatic rings. The third-order valence-corrected chi connectivity index (χ3v) is 2.91. The lowest BCUT2D eigenvalue weighted by Crippen LogP contribution is -2.20. The van der Waals surface area contributed by atoms with Gasteiger partial charge in [0.15, 0.2) is 0 Å². The molecule has 1 atom stereocenters. The Morgan fingerprint density at radius 3 is 2.32 bits per heavy atom. The first-order valence-corrected chi connectivity index (χ1v) is 6.89. The second kappa shape index (κ2) is 9.87. The number of rotatable bonds is 8. The molecular weight excluding hydrogens is 291 g/mol. The van der Waals surface area contributed by atoms with Gasteiger partial charge in [0.05, 0.1) is 5.88 Å². The molecule has 0 aliphatic heterocycles. The Bertz CT molecular complexity index is 375. The number of carboxylic acids is 1. The minimum atomic E-state index is -1.00. The van der Waals surface area contributed by atoms with Crippen molar-refractivity contribution in [2.24, 2.45) is 0 Å².